The molecular formula is C12H17N3O2. The smallest absolute Gasteiger partial charge is 0.270 e. The molecule has 17 heavy (non-hydrogen) atoms. The molecule has 5 heteroatoms. The summed E-state index contributed by atoms with van der Waals surface area (Å²) in [5.41, 5.74) is 5.88. The van der Waals surface area contributed by atoms with Crippen LogP contribution >= 0.6 is 0 Å². The number of hydrogen-bond acceptors (Lipinski definition) is 4. The van der Waals surface area contributed by atoms with Crippen molar-refractivity contribution in [2.45, 2.75) is 31.9 Å². The molecular weight excluding hydrogens is 218 g/mol. The molecule has 1 amide bonds. The number of carbonyl (C=O) groups is 1. The van der Waals surface area contributed by atoms with E-state index in [0.717, 1.165) is 19.4 Å². The summed E-state index contributed by atoms with van der Waals surface area (Å²) in [7, 11) is 0. The topological polar surface area (TPSA) is 77.2 Å². The van der Waals surface area contributed by atoms with Crippen molar-refractivity contribution in [2.24, 2.45) is 0 Å². The molecule has 1 saturated heterocycles. The van der Waals surface area contributed by atoms with E-state index >= 15 is 0 Å². The minimum Gasteiger partial charge on any atom is -0.384 e. The van der Waals surface area contributed by atoms with Gasteiger partial charge < -0.3 is 15.8 Å². The van der Waals surface area contributed by atoms with Crippen molar-refractivity contribution in [1.82, 2.24) is 10.3 Å². The molecule has 1 aliphatic heterocycles. The number of pyridine rings is 1. The molecule has 0 bridgehead atoms. The minimum atomic E-state index is -0.208. The highest BCUT2D eigenvalue weighted by Gasteiger charge is 2.24. The van der Waals surface area contributed by atoms with Crippen LogP contribution in [0.25, 0.3) is 0 Å². The number of anilines is 1. The second kappa shape index (κ2) is 5.14. The van der Waals surface area contributed by atoms with Gasteiger partial charge in [-0.25, -0.2) is 4.98 Å². The van der Waals surface area contributed by atoms with Crippen LogP contribution in [-0.4, -0.2) is 29.6 Å². The predicted molar refractivity (Wildman–Crippen MR) is 64.6 cm³/mol. The van der Waals surface area contributed by atoms with Crippen LogP contribution in [0.3, 0.4) is 0 Å². The molecule has 2 heterocycles. The number of ether oxygens (including phenoxy) is 1. The highest BCUT2D eigenvalue weighted by molar-refractivity contribution is 5.92. The molecule has 0 aliphatic carbocycles. The molecule has 1 aromatic rings. The lowest BCUT2D eigenvalue weighted by atomic mass is 10.1. The normalized spacial score (nSPS) is 21.1. The van der Waals surface area contributed by atoms with Gasteiger partial charge in [0.15, 0.2) is 0 Å². The quantitative estimate of drug-likeness (QED) is 0.818. The van der Waals surface area contributed by atoms with Crippen LogP contribution in [-0.2, 0) is 4.74 Å². The number of nitrogens with two attached hydrogens (primary N) is 1. The molecule has 2 rings (SSSR count). The molecule has 0 spiro atoms. The van der Waals surface area contributed by atoms with Gasteiger partial charge in [0.1, 0.15) is 11.5 Å². The summed E-state index contributed by atoms with van der Waals surface area (Å²) in [5.74, 6) is 0.141. The lowest BCUT2D eigenvalue weighted by molar-refractivity contribution is 0.0709. The molecule has 5 nitrogen and oxygen atoms in total. The SMILES string of the molecule is CC(NC(=O)c1cccc(N)n1)C1CCCO1. The van der Waals surface area contributed by atoms with Crippen molar-refractivity contribution < 1.29 is 9.53 Å². The Morgan fingerprint density at radius 2 is 2.47 bits per heavy atom. The fourth-order valence-electron chi connectivity index (χ4n) is 1.95. The summed E-state index contributed by atoms with van der Waals surface area (Å²) >= 11 is 0. The fourth-order valence-corrected chi connectivity index (χ4v) is 1.95. The molecule has 1 fully saturated rings. The van der Waals surface area contributed by atoms with Crippen LogP contribution in [0.5, 0.6) is 0 Å². The van der Waals surface area contributed by atoms with Gasteiger partial charge in [0.25, 0.3) is 5.91 Å². The molecule has 0 radical (unpaired) electrons. The Kier molecular flexibility index (Phi) is 3.58. The maximum absolute atomic E-state index is 11.9. The van der Waals surface area contributed by atoms with E-state index in [9.17, 15) is 4.79 Å². The van der Waals surface area contributed by atoms with E-state index in [0.29, 0.717) is 11.5 Å². The first-order valence-corrected chi connectivity index (χ1v) is 5.82. The molecule has 92 valence electrons. The molecule has 2 atom stereocenters. The number of rotatable bonds is 3. The summed E-state index contributed by atoms with van der Waals surface area (Å²) in [6.07, 6.45) is 2.16. The largest absolute Gasteiger partial charge is 0.384 e. The Morgan fingerprint density at radius 1 is 1.65 bits per heavy atom. The summed E-state index contributed by atoms with van der Waals surface area (Å²) in [5, 5.41) is 2.88. The minimum absolute atomic E-state index is 0.00627. The van der Waals surface area contributed by atoms with Crippen molar-refractivity contribution in [2.75, 3.05) is 12.3 Å². The number of nitrogens with zero attached hydrogens (tertiary/aromatic N) is 1. The van der Waals surface area contributed by atoms with Crippen molar-refractivity contribution in [3.63, 3.8) is 0 Å². The van der Waals surface area contributed by atoms with E-state index in [4.69, 9.17) is 10.5 Å². The Morgan fingerprint density at radius 3 is 3.12 bits per heavy atom. The van der Waals surface area contributed by atoms with Crippen LogP contribution in [0.4, 0.5) is 5.82 Å². The van der Waals surface area contributed by atoms with Crippen LogP contribution in [0.15, 0.2) is 18.2 Å². The number of aromatic nitrogens is 1. The summed E-state index contributed by atoms with van der Waals surface area (Å²) in [6, 6.07) is 5.01. The van der Waals surface area contributed by atoms with Gasteiger partial charge >= 0.3 is 0 Å². The molecule has 3 N–H and O–H groups in total. The van der Waals surface area contributed by atoms with Crippen LogP contribution in [0.1, 0.15) is 30.3 Å². The standard InChI is InChI=1S/C12H17N3O2/c1-8(10-5-3-7-17-10)14-12(16)9-4-2-6-11(13)15-9/h2,4,6,8,10H,3,5,7H2,1H3,(H2,13,15)(H,14,16). The van der Waals surface area contributed by atoms with E-state index in [1.807, 2.05) is 6.92 Å². The zero-order valence-electron chi connectivity index (χ0n) is 9.85. The fraction of sp³-hybridized carbons (Fsp3) is 0.500. The molecule has 2 unspecified atom stereocenters. The van der Waals surface area contributed by atoms with Gasteiger partial charge in [0.05, 0.1) is 12.1 Å². The van der Waals surface area contributed by atoms with Gasteiger partial charge in [-0.15, -0.1) is 0 Å². The zero-order valence-corrected chi connectivity index (χ0v) is 9.85. The van der Waals surface area contributed by atoms with E-state index < -0.39 is 0 Å². The first-order valence-electron chi connectivity index (χ1n) is 5.82. The van der Waals surface area contributed by atoms with Gasteiger partial charge in [-0.05, 0) is 31.9 Å². The monoisotopic (exact) mass is 235 g/mol. The van der Waals surface area contributed by atoms with Crippen LogP contribution in [0, 0.1) is 0 Å². The first kappa shape index (κ1) is 11.9. The van der Waals surface area contributed by atoms with E-state index in [-0.39, 0.29) is 18.1 Å². The number of hydrogen-bond donors (Lipinski definition) is 2. The number of nitrogen functional groups attached to an aromatic ring is 1. The highest BCUT2D eigenvalue weighted by Crippen LogP contribution is 2.15. The summed E-state index contributed by atoms with van der Waals surface area (Å²) in [6.45, 7) is 2.72. The van der Waals surface area contributed by atoms with Crippen molar-refractivity contribution in [1.29, 1.82) is 0 Å². The van der Waals surface area contributed by atoms with E-state index in [1.54, 1.807) is 18.2 Å². The third-order valence-corrected chi connectivity index (χ3v) is 2.88. The second-order valence-corrected chi connectivity index (χ2v) is 4.26. The highest BCUT2D eigenvalue weighted by atomic mass is 16.5. The lowest BCUT2D eigenvalue weighted by Gasteiger charge is -2.19. The Labute approximate surface area is 100 Å². The van der Waals surface area contributed by atoms with E-state index in [2.05, 4.69) is 10.3 Å². The van der Waals surface area contributed by atoms with Crippen molar-refractivity contribution in [3.05, 3.63) is 23.9 Å². The molecule has 0 aromatic carbocycles. The Balaban J connectivity index is 1.96. The zero-order chi connectivity index (χ0) is 12.3. The van der Waals surface area contributed by atoms with Gasteiger partial charge in [0, 0.05) is 6.61 Å². The average Bonchev–Trinajstić information content (AvgIpc) is 2.82. The predicted octanol–water partition coefficient (Wildman–Crippen LogP) is 0.961. The molecule has 0 saturated carbocycles. The number of nitrogens with one attached hydrogen (secondary N) is 1. The molecule has 1 aromatic heterocycles. The third-order valence-electron chi connectivity index (χ3n) is 2.88. The maximum Gasteiger partial charge on any atom is 0.270 e. The van der Waals surface area contributed by atoms with Crippen LogP contribution in [0.2, 0.25) is 0 Å². The summed E-state index contributed by atoms with van der Waals surface area (Å²) < 4.78 is 5.52. The Hall–Kier alpha value is -1.62. The van der Waals surface area contributed by atoms with Crippen LogP contribution < -0.4 is 11.1 Å². The number of carbonyl (C=O) groups excluding carboxylic acids is 1. The second-order valence-electron chi connectivity index (χ2n) is 4.26. The van der Waals surface area contributed by atoms with Gasteiger partial charge in [0.2, 0.25) is 0 Å². The lowest BCUT2D eigenvalue weighted by Crippen LogP contribution is -2.41. The Bertz CT molecular complexity index is 402. The van der Waals surface area contributed by atoms with Gasteiger partial charge in [-0.3, -0.25) is 4.79 Å². The molecule has 1 aliphatic rings. The van der Waals surface area contributed by atoms with E-state index in [1.165, 1.54) is 0 Å². The van der Waals surface area contributed by atoms with Gasteiger partial charge in [-0.2, -0.15) is 0 Å². The van der Waals surface area contributed by atoms with Crippen molar-refractivity contribution in [3.8, 4) is 0 Å². The van der Waals surface area contributed by atoms with Crippen molar-refractivity contribution >= 4 is 11.7 Å². The third kappa shape index (κ3) is 2.94. The average molecular weight is 235 g/mol. The van der Waals surface area contributed by atoms with Gasteiger partial charge in [-0.1, -0.05) is 6.07 Å². The maximum atomic E-state index is 11.9. The first-order chi connectivity index (χ1) is 8.16. The summed E-state index contributed by atoms with van der Waals surface area (Å²) in [4.78, 5) is 15.9. The number of amides is 1.